The van der Waals surface area contributed by atoms with E-state index in [1.165, 1.54) is 0 Å². The van der Waals surface area contributed by atoms with Gasteiger partial charge in [-0.15, -0.1) is 0 Å². The average molecular weight is 266 g/mol. The van der Waals surface area contributed by atoms with E-state index in [9.17, 15) is 8.42 Å². The van der Waals surface area contributed by atoms with Crippen LogP contribution in [0.4, 0.5) is 5.69 Å². The fourth-order valence-electron chi connectivity index (χ4n) is 2.76. The summed E-state index contributed by atoms with van der Waals surface area (Å²) in [5.74, 6) is 0. The molecule has 0 aromatic heterocycles. The van der Waals surface area contributed by atoms with E-state index < -0.39 is 10.0 Å². The van der Waals surface area contributed by atoms with E-state index in [2.05, 4.69) is 12.2 Å². The summed E-state index contributed by atoms with van der Waals surface area (Å²) in [5, 5.41) is 3.34. The first kappa shape index (κ1) is 12.0. The zero-order chi connectivity index (χ0) is 12.8. The van der Waals surface area contributed by atoms with Crippen LogP contribution in [-0.2, 0) is 16.4 Å². The molecule has 0 unspecified atom stereocenters. The van der Waals surface area contributed by atoms with Gasteiger partial charge in [0.2, 0.25) is 10.0 Å². The summed E-state index contributed by atoms with van der Waals surface area (Å²) in [6.07, 6.45) is 2.85. The molecular weight excluding hydrogens is 248 g/mol. The van der Waals surface area contributed by atoms with Crippen LogP contribution in [0, 0.1) is 0 Å². The normalized spacial score (nSPS) is 23.9. The summed E-state index contributed by atoms with van der Waals surface area (Å²) in [5.41, 5.74) is 2.19. The topological polar surface area (TPSA) is 49.4 Å². The first-order chi connectivity index (χ1) is 8.57. The summed E-state index contributed by atoms with van der Waals surface area (Å²) >= 11 is 0. The fraction of sp³-hybridized carbons (Fsp3) is 0.538. The van der Waals surface area contributed by atoms with Gasteiger partial charge in [0.1, 0.15) is 0 Å². The van der Waals surface area contributed by atoms with Crippen LogP contribution < -0.4 is 5.32 Å². The monoisotopic (exact) mass is 266 g/mol. The molecule has 2 aliphatic heterocycles. The third-order valence-electron chi connectivity index (χ3n) is 3.71. The van der Waals surface area contributed by atoms with Crippen LogP contribution in [0.2, 0.25) is 0 Å². The first-order valence-electron chi connectivity index (χ1n) is 6.47. The SMILES string of the molecule is C[C@@H]1Cc2cc(S(=O)(=O)N3CCCC3)ccc2N1. The Kier molecular flexibility index (Phi) is 2.83. The molecular formula is C13H18N2O2S. The van der Waals surface area contributed by atoms with Crippen molar-refractivity contribution in [2.75, 3.05) is 18.4 Å². The van der Waals surface area contributed by atoms with Gasteiger partial charge in [0, 0.05) is 24.8 Å². The molecule has 98 valence electrons. The lowest BCUT2D eigenvalue weighted by Crippen LogP contribution is -2.27. The molecule has 1 saturated heterocycles. The number of hydrogen-bond donors (Lipinski definition) is 1. The summed E-state index contributed by atoms with van der Waals surface area (Å²) in [6, 6.07) is 5.84. The van der Waals surface area contributed by atoms with E-state index in [1.807, 2.05) is 12.1 Å². The second-order valence-electron chi connectivity index (χ2n) is 5.18. The highest BCUT2D eigenvalue weighted by Gasteiger charge is 2.28. The van der Waals surface area contributed by atoms with Crippen LogP contribution in [0.1, 0.15) is 25.3 Å². The molecule has 0 aliphatic carbocycles. The van der Waals surface area contributed by atoms with Gasteiger partial charge in [-0.1, -0.05) is 0 Å². The number of nitrogens with one attached hydrogen (secondary N) is 1. The Morgan fingerprint density at radius 2 is 2.00 bits per heavy atom. The van der Waals surface area contributed by atoms with Crippen molar-refractivity contribution in [3.8, 4) is 0 Å². The number of rotatable bonds is 2. The van der Waals surface area contributed by atoms with E-state index in [-0.39, 0.29) is 0 Å². The molecule has 2 aliphatic rings. The van der Waals surface area contributed by atoms with Crippen molar-refractivity contribution in [3.63, 3.8) is 0 Å². The van der Waals surface area contributed by atoms with Gasteiger partial charge in [-0.25, -0.2) is 8.42 Å². The average Bonchev–Trinajstić information content (AvgIpc) is 2.95. The molecule has 0 bridgehead atoms. The van der Waals surface area contributed by atoms with Crippen molar-refractivity contribution in [1.29, 1.82) is 0 Å². The van der Waals surface area contributed by atoms with E-state index in [4.69, 9.17) is 0 Å². The standard InChI is InChI=1S/C13H18N2O2S/c1-10-8-11-9-12(4-5-13(11)14-10)18(16,17)15-6-2-3-7-15/h4-5,9-10,14H,2-3,6-8H2,1H3/t10-/m1/s1. The van der Waals surface area contributed by atoms with Crippen molar-refractivity contribution in [2.45, 2.75) is 37.1 Å². The van der Waals surface area contributed by atoms with Crippen molar-refractivity contribution >= 4 is 15.7 Å². The number of anilines is 1. The molecule has 0 spiro atoms. The molecule has 18 heavy (non-hydrogen) atoms. The second-order valence-corrected chi connectivity index (χ2v) is 7.12. The molecule has 1 fully saturated rings. The number of benzene rings is 1. The number of nitrogens with zero attached hydrogens (tertiary/aromatic N) is 1. The van der Waals surface area contributed by atoms with Crippen LogP contribution >= 0.6 is 0 Å². The Morgan fingerprint density at radius 1 is 1.28 bits per heavy atom. The van der Waals surface area contributed by atoms with Crippen LogP contribution in [-0.4, -0.2) is 31.9 Å². The fourth-order valence-corrected chi connectivity index (χ4v) is 4.33. The predicted molar refractivity (Wildman–Crippen MR) is 71.2 cm³/mol. The third kappa shape index (κ3) is 1.91. The number of fused-ring (bicyclic) bond motifs is 1. The van der Waals surface area contributed by atoms with E-state index >= 15 is 0 Å². The zero-order valence-electron chi connectivity index (χ0n) is 10.5. The molecule has 3 rings (SSSR count). The lowest BCUT2D eigenvalue weighted by Gasteiger charge is -2.16. The molecule has 0 saturated carbocycles. The Bertz CT molecular complexity index is 562. The largest absolute Gasteiger partial charge is 0.382 e. The smallest absolute Gasteiger partial charge is 0.243 e. The van der Waals surface area contributed by atoms with Crippen LogP contribution in [0.25, 0.3) is 0 Å². The third-order valence-corrected chi connectivity index (χ3v) is 5.60. The number of hydrogen-bond acceptors (Lipinski definition) is 3. The maximum Gasteiger partial charge on any atom is 0.243 e. The molecule has 1 aromatic carbocycles. The quantitative estimate of drug-likeness (QED) is 0.888. The van der Waals surface area contributed by atoms with Gasteiger partial charge in [-0.2, -0.15) is 4.31 Å². The maximum atomic E-state index is 12.4. The van der Waals surface area contributed by atoms with Gasteiger partial charge in [-0.05, 0) is 49.9 Å². The molecule has 5 heteroatoms. The Morgan fingerprint density at radius 3 is 2.72 bits per heavy atom. The van der Waals surface area contributed by atoms with Gasteiger partial charge in [0.15, 0.2) is 0 Å². The van der Waals surface area contributed by atoms with Gasteiger partial charge in [0.05, 0.1) is 4.90 Å². The van der Waals surface area contributed by atoms with E-state index in [0.29, 0.717) is 24.0 Å². The van der Waals surface area contributed by atoms with Crippen LogP contribution in [0.5, 0.6) is 0 Å². The zero-order valence-corrected chi connectivity index (χ0v) is 11.3. The summed E-state index contributed by atoms with van der Waals surface area (Å²) in [4.78, 5) is 0.444. The minimum absolute atomic E-state index is 0.393. The highest BCUT2D eigenvalue weighted by atomic mass is 32.2. The Balaban J connectivity index is 1.96. The molecule has 1 N–H and O–H groups in total. The van der Waals surface area contributed by atoms with Gasteiger partial charge < -0.3 is 5.32 Å². The predicted octanol–water partition coefficient (Wildman–Crippen LogP) is 1.83. The molecule has 4 nitrogen and oxygen atoms in total. The Labute approximate surface area is 108 Å². The van der Waals surface area contributed by atoms with Gasteiger partial charge in [0.25, 0.3) is 0 Å². The van der Waals surface area contributed by atoms with Crippen molar-refractivity contribution < 1.29 is 8.42 Å². The number of sulfonamides is 1. The highest BCUT2D eigenvalue weighted by molar-refractivity contribution is 7.89. The van der Waals surface area contributed by atoms with Crippen LogP contribution in [0.3, 0.4) is 0 Å². The lowest BCUT2D eigenvalue weighted by molar-refractivity contribution is 0.477. The minimum atomic E-state index is -3.27. The van der Waals surface area contributed by atoms with Crippen LogP contribution in [0.15, 0.2) is 23.1 Å². The van der Waals surface area contributed by atoms with Gasteiger partial charge >= 0.3 is 0 Å². The van der Waals surface area contributed by atoms with E-state index in [1.54, 1.807) is 10.4 Å². The summed E-state index contributed by atoms with van der Waals surface area (Å²) in [6.45, 7) is 3.43. The Hall–Kier alpha value is -1.07. The van der Waals surface area contributed by atoms with Crippen molar-refractivity contribution in [1.82, 2.24) is 4.31 Å². The molecule has 2 heterocycles. The molecule has 1 atom stereocenters. The molecule has 0 radical (unpaired) electrons. The second kappa shape index (κ2) is 4.24. The highest BCUT2D eigenvalue weighted by Crippen LogP contribution is 2.30. The van der Waals surface area contributed by atoms with Crippen molar-refractivity contribution in [2.24, 2.45) is 0 Å². The van der Waals surface area contributed by atoms with Gasteiger partial charge in [-0.3, -0.25) is 0 Å². The van der Waals surface area contributed by atoms with Crippen molar-refractivity contribution in [3.05, 3.63) is 23.8 Å². The molecule has 1 aromatic rings. The maximum absolute atomic E-state index is 12.4. The minimum Gasteiger partial charge on any atom is -0.382 e. The first-order valence-corrected chi connectivity index (χ1v) is 7.91. The molecule has 0 amide bonds. The summed E-state index contributed by atoms with van der Waals surface area (Å²) < 4.78 is 26.4. The summed E-state index contributed by atoms with van der Waals surface area (Å²) in [7, 11) is -3.27. The van der Waals surface area contributed by atoms with E-state index in [0.717, 1.165) is 30.5 Å². The lowest BCUT2D eigenvalue weighted by atomic mass is 10.1.